The van der Waals surface area contributed by atoms with Crippen LogP contribution in [0.3, 0.4) is 0 Å². The second-order valence-electron chi connectivity index (χ2n) is 7.65. The van der Waals surface area contributed by atoms with Crippen LogP contribution < -0.4 is 4.90 Å². The van der Waals surface area contributed by atoms with Gasteiger partial charge in [0.2, 0.25) is 5.91 Å². The van der Waals surface area contributed by atoms with Crippen molar-refractivity contribution in [3.8, 4) is 0 Å². The quantitative estimate of drug-likeness (QED) is 0.377. The van der Waals surface area contributed by atoms with Crippen molar-refractivity contribution in [2.75, 3.05) is 11.4 Å². The van der Waals surface area contributed by atoms with Crippen LogP contribution in [-0.4, -0.2) is 22.0 Å². The predicted octanol–water partition coefficient (Wildman–Crippen LogP) is 6.05. The average Bonchev–Trinajstić information content (AvgIpc) is 3.32. The van der Waals surface area contributed by atoms with Gasteiger partial charge in [0.25, 0.3) is 0 Å². The number of halogens is 3. The van der Waals surface area contributed by atoms with Gasteiger partial charge in [-0.3, -0.25) is 4.79 Å². The lowest BCUT2D eigenvalue weighted by Crippen LogP contribution is -2.25. The SMILES string of the molecule is O=C1CC(c2nc3ccccc3n2Cc2ccc(Cl)c(Cl)c2)CN1c1ccccc1F. The third kappa shape index (κ3) is 3.68. The summed E-state index contributed by atoms with van der Waals surface area (Å²) >= 11 is 12.3. The molecule has 4 nitrogen and oxygen atoms in total. The molecule has 0 spiro atoms. The molecule has 0 radical (unpaired) electrons. The minimum Gasteiger partial charge on any atom is -0.323 e. The third-order valence-electron chi connectivity index (χ3n) is 5.64. The maximum Gasteiger partial charge on any atom is 0.227 e. The van der Waals surface area contributed by atoms with Crippen LogP contribution in [0.15, 0.2) is 66.7 Å². The van der Waals surface area contributed by atoms with Gasteiger partial charge < -0.3 is 9.47 Å². The molecule has 0 saturated carbocycles. The van der Waals surface area contributed by atoms with Crippen LogP contribution >= 0.6 is 23.2 Å². The summed E-state index contributed by atoms with van der Waals surface area (Å²) in [5.41, 5.74) is 3.12. The average molecular weight is 454 g/mol. The first-order valence-corrected chi connectivity index (χ1v) is 10.7. The molecule has 0 bridgehead atoms. The van der Waals surface area contributed by atoms with Gasteiger partial charge in [-0.15, -0.1) is 0 Å². The smallest absolute Gasteiger partial charge is 0.227 e. The van der Waals surface area contributed by atoms with Crippen molar-refractivity contribution in [3.63, 3.8) is 0 Å². The fraction of sp³-hybridized carbons (Fsp3) is 0.167. The number of fused-ring (bicyclic) bond motifs is 1. The van der Waals surface area contributed by atoms with Crippen molar-refractivity contribution in [1.82, 2.24) is 9.55 Å². The van der Waals surface area contributed by atoms with Crippen molar-refractivity contribution >= 4 is 45.8 Å². The van der Waals surface area contributed by atoms with Gasteiger partial charge in [0.05, 0.1) is 26.8 Å². The molecule has 0 aliphatic carbocycles. The summed E-state index contributed by atoms with van der Waals surface area (Å²) in [6.07, 6.45) is 0.277. The molecule has 1 atom stereocenters. The standard InChI is InChI=1S/C24H18Cl2FN3O/c25-17-10-9-15(11-18(17)26)13-30-22-8-4-2-6-20(22)28-24(30)16-12-23(31)29(14-16)21-7-3-1-5-19(21)27/h1-11,16H,12-14H2. The van der Waals surface area contributed by atoms with E-state index in [0.717, 1.165) is 22.4 Å². The highest BCUT2D eigenvalue weighted by Gasteiger charge is 2.35. The Morgan fingerprint density at radius 2 is 1.77 bits per heavy atom. The summed E-state index contributed by atoms with van der Waals surface area (Å²) in [4.78, 5) is 19.1. The Hall–Kier alpha value is -2.89. The summed E-state index contributed by atoms with van der Waals surface area (Å²) in [5.74, 6) is 0.144. The topological polar surface area (TPSA) is 38.1 Å². The Morgan fingerprint density at radius 1 is 1.00 bits per heavy atom. The van der Waals surface area contributed by atoms with Gasteiger partial charge in [0.1, 0.15) is 11.6 Å². The number of carbonyl (C=O) groups is 1. The normalized spacial score (nSPS) is 16.4. The highest BCUT2D eigenvalue weighted by molar-refractivity contribution is 6.42. The first-order valence-electron chi connectivity index (χ1n) is 9.95. The minimum atomic E-state index is -0.402. The second-order valence-corrected chi connectivity index (χ2v) is 8.46. The number of rotatable bonds is 4. The van der Waals surface area contributed by atoms with Crippen LogP contribution in [0.4, 0.5) is 10.1 Å². The monoisotopic (exact) mass is 453 g/mol. The van der Waals surface area contributed by atoms with Crippen molar-refractivity contribution in [2.24, 2.45) is 0 Å². The van der Waals surface area contributed by atoms with Crippen molar-refractivity contribution < 1.29 is 9.18 Å². The van der Waals surface area contributed by atoms with Gasteiger partial charge in [0, 0.05) is 25.4 Å². The molecular formula is C24H18Cl2FN3O. The lowest BCUT2D eigenvalue weighted by atomic mass is 10.1. The highest BCUT2D eigenvalue weighted by Crippen LogP contribution is 2.34. The lowest BCUT2D eigenvalue weighted by molar-refractivity contribution is -0.117. The van der Waals surface area contributed by atoms with E-state index in [-0.39, 0.29) is 18.2 Å². The van der Waals surface area contributed by atoms with E-state index in [0.29, 0.717) is 28.8 Å². The Kier molecular flexibility index (Phi) is 5.16. The first-order chi connectivity index (χ1) is 15.0. The summed E-state index contributed by atoms with van der Waals surface area (Å²) in [6.45, 7) is 0.918. The number of hydrogen-bond donors (Lipinski definition) is 0. The molecule has 1 fully saturated rings. The number of amides is 1. The van der Waals surface area contributed by atoms with E-state index in [9.17, 15) is 9.18 Å². The van der Waals surface area contributed by atoms with Gasteiger partial charge in [0.15, 0.2) is 0 Å². The van der Waals surface area contributed by atoms with Gasteiger partial charge in [-0.2, -0.15) is 0 Å². The molecular weight excluding hydrogens is 436 g/mol. The number of anilines is 1. The molecule has 1 amide bonds. The fourth-order valence-electron chi connectivity index (χ4n) is 4.18. The van der Waals surface area contributed by atoms with E-state index in [1.54, 1.807) is 24.3 Å². The van der Waals surface area contributed by atoms with E-state index in [1.165, 1.54) is 11.0 Å². The highest BCUT2D eigenvalue weighted by atomic mass is 35.5. The van der Waals surface area contributed by atoms with E-state index >= 15 is 0 Å². The molecule has 3 aromatic carbocycles. The van der Waals surface area contributed by atoms with E-state index in [2.05, 4.69) is 4.57 Å². The molecule has 1 unspecified atom stereocenters. The first kappa shape index (κ1) is 20.0. The maximum absolute atomic E-state index is 14.3. The van der Waals surface area contributed by atoms with Crippen LogP contribution in [0, 0.1) is 5.82 Å². The largest absolute Gasteiger partial charge is 0.323 e. The molecule has 1 saturated heterocycles. The molecule has 2 heterocycles. The van der Waals surface area contributed by atoms with Crippen LogP contribution in [0.25, 0.3) is 11.0 Å². The van der Waals surface area contributed by atoms with Crippen LogP contribution in [0.2, 0.25) is 10.0 Å². The number of aromatic nitrogens is 2. The van der Waals surface area contributed by atoms with Gasteiger partial charge >= 0.3 is 0 Å². The molecule has 5 rings (SSSR count). The van der Waals surface area contributed by atoms with E-state index in [4.69, 9.17) is 28.2 Å². The zero-order valence-corrected chi connectivity index (χ0v) is 17.9. The number of benzene rings is 3. The fourth-order valence-corrected chi connectivity index (χ4v) is 4.50. The number of para-hydroxylation sites is 3. The molecule has 1 aromatic heterocycles. The number of nitrogens with zero attached hydrogens (tertiary/aromatic N) is 3. The molecule has 1 aliphatic rings. The van der Waals surface area contributed by atoms with Crippen LogP contribution in [0.1, 0.15) is 23.7 Å². The lowest BCUT2D eigenvalue weighted by Gasteiger charge is -2.18. The number of imidazole rings is 1. The maximum atomic E-state index is 14.3. The zero-order valence-electron chi connectivity index (χ0n) is 16.4. The Balaban J connectivity index is 1.54. The van der Waals surface area contributed by atoms with Gasteiger partial charge in [-0.25, -0.2) is 9.37 Å². The minimum absolute atomic E-state index is 0.108. The summed E-state index contributed by atoms with van der Waals surface area (Å²) < 4.78 is 16.4. The summed E-state index contributed by atoms with van der Waals surface area (Å²) in [5, 5.41) is 0.995. The van der Waals surface area contributed by atoms with E-state index in [1.807, 2.05) is 36.4 Å². The van der Waals surface area contributed by atoms with Crippen LogP contribution in [-0.2, 0) is 11.3 Å². The summed E-state index contributed by atoms with van der Waals surface area (Å²) in [6, 6.07) is 19.8. The molecule has 1 aliphatic heterocycles. The molecule has 31 heavy (non-hydrogen) atoms. The van der Waals surface area contributed by atoms with E-state index < -0.39 is 5.82 Å². The molecule has 4 aromatic rings. The Morgan fingerprint density at radius 3 is 2.58 bits per heavy atom. The predicted molar refractivity (Wildman–Crippen MR) is 121 cm³/mol. The second kappa shape index (κ2) is 7.98. The van der Waals surface area contributed by atoms with Crippen molar-refractivity contribution in [1.29, 1.82) is 0 Å². The van der Waals surface area contributed by atoms with Crippen molar-refractivity contribution in [2.45, 2.75) is 18.9 Å². The Bertz CT molecular complexity index is 1300. The zero-order chi connectivity index (χ0) is 21.5. The molecule has 7 heteroatoms. The van der Waals surface area contributed by atoms with Gasteiger partial charge in [-0.1, -0.05) is 53.5 Å². The molecule has 0 N–H and O–H groups in total. The van der Waals surface area contributed by atoms with Crippen molar-refractivity contribution in [3.05, 3.63) is 94.0 Å². The number of carbonyl (C=O) groups excluding carboxylic acids is 1. The summed E-state index contributed by atoms with van der Waals surface area (Å²) in [7, 11) is 0. The van der Waals surface area contributed by atoms with Gasteiger partial charge in [-0.05, 0) is 42.0 Å². The molecule has 156 valence electrons. The van der Waals surface area contributed by atoms with Crippen LogP contribution in [0.5, 0.6) is 0 Å². The third-order valence-corrected chi connectivity index (χ3v) is 6.38. The Labute approximate surface area is 188 Å². The number of hydrogen-bond acceptors (Lipinski definition) is 2.